The summed E-state index contributed by atoms with van der Waals surface area (Å²) in [6.45, 7) is 0.427. The highest BCUT2D eigenvalue weighted by atomic mass is 79.9. The standard InChI is InChI=1S/C16H11BrClN5/c17-10-4-3-6-12-15(10)16(11-5-1-2-7-19-11)20-9-14-22-21-13(8-18)23(12)14/h1-7H,8-9H2. The van der Waals surface area contributed by atoms with Crippen LogP contribution in [0.5, 0.6) is 0 Å². The summed E-state index contributed by atoms with van der Waals surface area (Å²) in [7, 11) is 0. The first-order valence-electron chi connectivity index (χ1n) is 7.04. The monoisotopic (exact) mass is 387 g/mol. The maximum absolute atomic E-state index is 6.03. The summed E-state index contributed by atoms with van der Waals surface area (Å²) in [6, 6.07) is 11.8. The Kier molecular flexibility index (Phi) is 3.71. The second-order valence-corrected chi connectivity index (χ2v) is 6.14. The number of benzene rings is 1. The number of nitrogens with zero attached hydrogens (tertiary/aromatic N) is 5. The molecule has 114 valence electrons. The number of fused-ring (bicyclic) bond motifs is 3. The van der Waals surface area contributed by atoms with Gasteiger partial charge in [-0.1, -0.05) is 28.1 Å². The predicted molar refractivity (Wildman–Crippen MR) is 92.2 cm³/mol. The molecule has 1 aromatic carbocycles. The normalized spacial score (nSPS) is 13.0. The van der Waals surface area contributed by atoms with Crippen LogP contribution in [0, 0.1) is 0 Å². The smallest absolute Gasteiger partial charge is 0.159 e. The molecular formula is C16H11BrClN5. The Hall–Kier alpha value is -2.05. The number of rotatable bonds is 2. The van der Waals surface area contributed by atoms with Crippen molar-refractivity contribution in [1.82, 2.24) is 19.7 Å². The van der Waals surface area contributed by atoms with E-state index in [1.54, 1.807) is 6.20 Å². The quantitative estimate of drug-likeness (QED) is 0.631. The van der Waals surface area contributed by atoms with Crippen LogP contribution in [0.25, 0.3) is 5.69 Å². The van der Waals surface area contributed by atoms with Gasteiger partial charge in [0.2, 0.25) is 0 Å². The average Bonchev–Trinajstić information content (AvgIpc) is 2.92. The molecule has 5 nitrogen and oxygen atoms in total. The summed E-state index contributed by atoms with van der Waals surface area (Å²) in [6.07, 6.45) is 1.77. The van der Waals surface area contributed by atoms with E-state index in [1.807, 2.05) is 41.0 Å². The second kappa shape index (κ2) is 5.86. The van der Waals surface area contributed by atoms with Crippen molar-refractivity contribution >= 4 is 33.2 Å². The zero-order valence-corrected chi connectivity index (χ0v) is 14.3. The Morgan fingerprint density at radius 3 is 2.83 bits per heavy atom. The van der Waals surface area contributed by atoms with Crippen molar-refractivity contribution in [3.63, 3.8) is 0 Å². The molecule has 0 spiro atoms. The number of hydrogen-bond donors (Lipinski definition) is 0. The van der Waals surface area contributed by atoms with Gasteiger partial charge in [0, 0.05) is 16.2 Å². The molecule has 4 rings (SSSR count). The molecule has 0 atom stereocenters. The first kappa shape index (κ1) is 14.5. The largest absolute Gasteiger partial charge is 0.280 e. The zero-order valence-electron chi connectivity index (χ0n) is 11.9. The molecule has 1 aliphatic rings. The van der Waals surface area contributed by atoms with Crippen molar-refractivity contribution in [3.05, 3.63) is 70.0 Å². The molecule has 0 unspecified atom stereocenters. The summed E-state index contributed by atoms with van der Waals surface area (Å²) in [5.74, 6) is 1.77. The first-order chi connectivity index (χ1) is 11.3. The molecule has 0 N–H and O–H groups in total. The predicted octanol–water partition coefficient (Wildman–Crippen LogP) is 3.51. The van der Waals surface area contributed by atoms with E-state index in [0.29, 0.717) is 12.4 Å². The molecule has 1 aliphatic heterocycles. The molecule has 7 heteroatoms. The van der Waals surface area contributed by atoms with Crippen molar-refractivity contribution in [2.24, 2.45) is 4.99 Å². The third-order valence-corrected chi connectivity index (χ3v) is 4.57. The average molecular weight is 389 g/mol. The fraction of sp³-hybridized carbons (Fsp3) is 0.125. The van der Waals surface area contributed by atoms with E-state index in [9.17, 15) is 0 Å². The van der Waals surface area contributed by atoms with Crippen molar-refractivity contribution in [2.45, 2.75) is 12.4 Å². The van der Waals surface area contributed by atoms with Gasteiger partial charge in [-0.05, 0) is 24.3 Å². The lowest BCUT2D eigenvalue weighted by atomic mass is 10.0. The zero-order chi connectivity index (χ0) is 15.8. The fourth-order valence-electron chi connectivity index (χ4n) is 2.69. The number of aliphatic imine (C=N–C) groups is 1. The van der Waals surface area contributed by atoms with Gasteiger partial charge in [-0.2, -0.15) is 0 Å². The topological polar surface area (TPSA) is 56.0 Å². The Morgan fingerprint density at radius 1 is 1.13 bits per heavy atom. The maximum Gasteiger partial charge on any atom is 0.159 e. The summed E-state index contributed by atoms with van der Waals surface area (Å²) < 4.78 is 2.92. The van der Waals surface area contributed by atoms with Crippen molar-refractivity contribution in [1.29, 1.82) is 0 Å². The lowest BCUT2D eigenvalue weighted by Gasteiger charge is -2.14. The van der Waals surface area contributed by atoms with Gasteiger partial charge in [-0.15, -0.1) is 21.8 Å². The fourth-order valence-corrected chi connectivity index (χ4v) is 3.41. The van der Waals surface area contributed by atoms with Crippen LogP contribution in [0.3, 0.4) is 0 Å². The van der Waals surface area contributed by atoms with E-state index in [4.69, 9.17) is 16.6 Å². The lowest BCUT2D eigenvalue weighted by Crippen LogP contribution is -2.11. The Morgan fingerprint density at radius 2 is 2.04 bits per heavy atom. The van der Waals surface area contributed by atoms with Gasteiger partial charge < -0.3 is 0 Å². The van der Waals surface area contributed by atoms with E-state index in [2.05, 4.69) is 31.1 Å². The molecule has 0 amide bonds. The van der Waals surface area contributed by atoms with Gasteiger partial charge in [0.25, 0.3) is 0 Å². The van der Waals surface area contributed by atoms with E-state index in [1.165, 1.54) is 0 Å². The highest BCUT2D eigenvalue weighted by Gasteiger charge is 2.24. The van der Waals surface area contributed by atoms with Gasteiger partial charge >= 0.3 is 0 Å². The molecule has 23 heavy (non-hydrogen) atoms. The van der Waals surface area contributed by atoms with Gasteiger partial charge in [0.15, 0.2) is 11.6 Å². The van der Waals surface area contributed by atoms with Crippen LogP contribution in [-0.2, 0) is 12.4 Å². The highest BCUT2D eigenvalue weighted by Crippen LogP contribution is 2.30. The SMILES string of the molecule is ClCc1nnc2n1-c1cccc(Br)c1C(c1ccccn1)=NC2. The first-order valence-corrected chi connectivity index (χ1v) is 8.36. The Balaban J connectivity index is 2.02. The summed E-state index contributed by atoms with van der Waals surface area (Å²) in [5, 5.41) is 8.40. The molecular weight excluding hydrogens is 378 g/mol. The van der Waals surface area contributed by atoms with E-state index < -0.39 is 0 Å². The summed E-state index contributed by atoms with van der Waals surface area (Å²) in [5.41, 5.74) is 3.58. The number of halogens is 2. The number of pyridine rings is 1. The van der Waals surface area contributed by atoms with Crippen LogP contribution in [0.4, 0.5) is 0 Å². The van der Waals surface area contributed by atoms with Crippen molar-refractivity contribution < 1.29 is 0 Å². The number of alkyl halides is 1. The molecule has 0 radical (unpaired) electrons. The minimum absolute atomic E-state index is 0.290. The number of hydrogen-bond acceptors (Lipinski definition) is 4. The molecule has 3 heterocycles. The Bertz CT molecular complexity index is 904. The van der Waals surface area contributed by atoms with Gasteiger partial charge in [-0.25, -0.2) is 0 Å². The third-order valence-electron chi connectivity index (χ3n) is 3.67. The molecule has 3 aromatic rings. The van der Waals surface area contributed by atoms with Crippen molar-refractivity contribution in [2.75, 3.05) is 0 Å². The van der Waals surface area contributed by atoms with Crippen LogP contribution < -0.4 is 0 Å². The molecule has 0 bridgehead atoms. The van der Waals surface area contributed by atoms with E-state index in [0.717, 1.165) is 33.0 Å². The minimum atomic E-state index is 0.290. The van der Waals surface area contributed by atoms with Crippen LogP contribution in [0.15, 0.2) is 52.1 Å². The molecule has 0 saturated heterocycles. The molecule has 2 aromatic heterocycles. The van der Waals surface area contributed by atoms with Crippen LogP contribution in [-0.4, -0.2) is 25.5 Å². The van der Waals surface area contributed by atoms with Crippen molar-refractivity contribution in [3.8, 4) is 5.69 Å². The second-order valence-electron chi connectivity index (χ2n) is 5.02. The number of aromatic nitrogens is 4. The highest BCUT2D eigenvalue weighted by molar-refractivity contribution is 9.10. The van der Waals surface area contributed by atoms with Gasteiger partial charge in [0.05, 0.1) is 23.0 Å². The van der Waals surface area contributed by atoms with Gasteiger partial charge in [0.1, 0.15) is 6.54 Å². The van der Waals surface area contributed by atoms with E-state index >= 15 is 0 Å². The van der Waals surface area contributed by atoms with E-state index in [-0.39, 0.29) is 5.88 Å². The van der Waals surface area contributed by atoms with Crippen LogP contribution >= 0.6 is 27.5 Å². The summed E-state index contributed by atoms with van der Waals surface area (Å²) >= 11 is 9.68. The molecule has 0 fully saturated rings. The van der Waals surface area contributed by atoms with Crippen LogP contribution in [0.1, 0.15) is 22.9 Å². The minimum Gasteiger partial charge on any atom is -0.280 e. The maximum atomic E-state index is 6.03. The van der Waals surface area contributed by atoms with Crippen LogP contribution in [0.2, 0.25) is 0 Å². The summed E-state index contributed by atoms with van der Waals surface area (Å²) in [4.78, 5) is 9.19. The Labute approximate surface area is 146 Å². The molecule has 0 aliphatic carbocycles. The third kappa shape index (κ3) is 2.38. The molecule has 0 saturated carbocycles. The van der Waals surface area contributed by atoms with Gasteiger partial charge in [-0.3, -0.25) is 14.5 Å². The lowest BCUT2D eigenvalue weighted by molar-refractivity contribution is 0.858.